The molecule has 0 saturated carbocycles. The summed E-state index contributed by atoms with van der Waals surface area (Å²) in [6.45, 7) is 15.2. The smallest absolute Gasteiger partial charge is 0.0299 e. The number of hydrogen-bond donors (Lipinski definition) is 0. The Bertz CT molecular complexity index is 144. The lowest BCUT2D eigenvalue weighted by Crippen LogP contribution is -2.19. The minimum absolute atomic E-state index is 0.409. The normalized spacial score (nSPS) is 14.2. The van der Waals surface area contributed by atoms with Gasteiger partial charge >= 0.3 is 0 Å². The number of allylic oxidation sites excluding steroid dienone is 2. The van der Waals surface area contributed by atoms with Crippen LogP contribution in [0.1, 0.15) is 47.5 Å². The molecule has 0 aromatic carbocycles. The number of hydrogen-bond acceptors (Lipinski definition) is 0. The summed E-state index contributed by atoms with van der Waals surface area (Å²) in [7, 11) is 0. The van der Waals surface area contributed by atoms with Crippen LogP contribution in [-0.2, 0) is 0 Å². The molecule has 0 atom stereocenters. The first-order valence-electron chi connectivity index (χ1n) is 4.71. The van der Waals surface area contributed by atoms with Crippen LogP contribution in [0.4, 0.5) is 0 Å². The average Bonchev–Trinajstić information content (AvgIpc) is 1.78. The van der Waals surface area contributed by atoms with Gasteiger partial charge in [-0.25, -0.2) is 0 Å². The van der Waals surface area contributed by atoms with Gasteiger partial charge in [0, 0.05) is 0 Å². The van der Waals surface area contributed by atoms with Gasteiger partial charge in [0.25, 0.3) is 0 Å². The molecule has 0 aliphatic carbocycles. The number of rotatable bonds is 3. The summed E-state index contributed by atoms with van der Waals surface area (Å²) in [6, 6.07) is 0. The molecule has 0 spiro atoms. The first-order valence-corrected chi connectivity index (χ1v) is 4.71. The van der Waals surface area contributed by atoms with E-state index in [0.717, 1.165) is 6.42 Å². The summed E-state index contributed by atoms with van der Waals surface area (Å²) in [6.07, 6.45) is 6.44. The van der Waals surface area contributed by atoms with Crippen LogP contribution in [0.25, 0.3) is 0 Å². The average molecular weight is 167 g/mol. The topological polar surface area (TPSA) is 0 Å². The van der Waals surface area contributed by atoms with E-state index in [0.29, 0.717) is 10.8 Å². The van der Waals surface area contributed by atoms with E-state index < -0.39 is 0 Å². The summed E-state index contributed by atoms with van der Waals surface area (Å²) in [5, 5.41) is 0. The van der Waals surface area contributed by atoms with Crippen molar-refractivity contribution in [1.82, 2.24) is 0 Å². The van der Waals surface area contributed by atoms with Gasteiger partial charge in [-0.1, -0.05) is 46.8 Å². The molecule has 0 bridgehead atoms. The zero-order valence-corrected chi connectivity index (χ0v) is 9.28. The van der Waals surface area contributed by atoms with Crippen LogP contribution in [0.5, 0.6) is 0 Å². The fraction of sp³-hybridized carbons (Fsp3) is 0.750. The Balaban J connectivity index is 4.04. The van der Waals surface area contributed by atoms with Crippen LogP contribution < -0.4 is 0 Å². The maximum Gasteiger partial charge on any atom is -0.0299 e. The molecule has 0 heterocycles. The van der Waals surface area contributed by atoms with Gasteiger partial charge in [0.05, 0.1) is 0 Å². The Morgan fingerprint density at radius 1 is 1.08 bits per heavy atom. The van der Waals surface area contributed by atoms with Crippen molar-refractivity contribution in [1.29, 1.82) is 0 Å². The van der Waals surface area contributed by atoms with E-state index in [1.54, 1.807) is 0 Å². The van der Waals surface area contributed by atoms with Crippen LogP contribution in [0, 0.1) is 17.8 Å². The summed E-state index contributed by atoms with van der Waals surface area (Å²) in [5.41, 5.74) is 0.838. The Morgan fingerprint density at radius 3 is 1.92 bits per heavy atom. The van der Waals surface area contributed by atoms with Crippen molar-refractivity contribution < 1.29 is 0 Å². The second-order valence-corrected chi connectivity index (χ2v) is 5.58. The second-order valence-electron chi connectivity index (χ2n) is 5.58. The molecule has 71 valence electrons. The summed E-state index contributed by atoms with van der Waals surface area (Å²) < 4.78 is 0. The molecule has 0 fully saturated rings. The molecule has 0 aromatic rings. The highest BCUT2D eigenvalue weighted by Gasteiger charge is 2.23. The first-order chi connectivity index (χ1) is 5.27. The lowest BCUT2D eigenvalue weighted by molar-refractivity contribution is 0.215. The van der Waals surface area contributed by atoms with Gasteiger partial charge in [-0.3, -0.25) is 0 Å². The van der Waals surface area contributed by atoms with E-state index in [4.69, 9.17) is 0 Å². The van der Waals surface area contributed by atoms with Crippen LogP contribution in [0.15, 0.2) is 12.2 Å². The van der Waals surface area contributed by atoms with Gasteiger partial charge in [0.15, 0.2) is 0 Å². The molecule has 0 N–H and O–H groups in total. The lowest BCUT2D eigenvalue weighted by atomic mass is 9.74. The SMILES string of the molecule is [CH2]C=CCC(C)(C)CC(C)(C)C. The molecule has 0 aromatic heterocycles. The van der Waals surface area contributed by atoms with Crippen molar-refractivity contribution in [2.24, 2.45) is 10.8 Å². The minimum Gasteiger partial charge on any atom is -0.0882 e. The minimum atomic E-state index is 0.409. The largest absolute Gasteiger partial charge is 0.0882 e. The molecular formula is C12H23. The predicted octanol–water partition coefficient (Wildman–Crippen LogP) is 4.23. The van der Waals surface area contributed by atoms with Crippen LogP contribution in [-0.4, -0.2) is 0 Å². The van der Waals surface area contributed by atoms with Crippen LogP contribution in [0.3, 0.4) is 0 Å². The van der Waals surface area contributed by atoms with Gasteiger partial charge in [-0.15, -0.1) is 0 Å². The van der Waals surface area contributed by atoms with Crippen LogP contribution in [0.2, 0.25) is 0 Å². The highest BCUT2D eigenvalue weighted by Crippen LogP contribution is 2.35. The zero-order chi connectivity index (χ0) is 9.83. The van der Waals surface area contributed by atoms with E-state index in [1.807, 2.05) is 6.08 Å². The van der Waals surface area contributed by atoms with Crippen molar-refractivity contribution in [3.63, 3.8) is 0 Å². The van der Waals surface area contributed by atoms with E-state index in [2.05, 4.69) is 47.6 Å². The summed E-state index contributed by atoms with van der Waals surface area (Å²) in [5.74, 6) is 0. The standard InChI is InChI=1S/C12H23/c1-7-8-9-12(5,6)10-11(2,3)4/h7-8H,1,9-10H2,2-6H3. The Labute approximate surface area is 78.1 Å². The molecule has 0 amide bonds. The predicted molar refractivity (Wildman–Crippen MR) is 57.0 cm³/mol. The van der Waals surface area contributed by atoms with Gasteiger partial charge in [0.2, 0.25) is 0 Å². The quantitative estimate of drug-likeness (QED) is 0.590. The molecule has 0 aliphatic heterocycles. The van der Waals surface area contributed by atoms with Gasteiger partial charge in [-0.2, -0.15) is 0 Å². The highest BCUT2D eigenvalue weighted by molar-refractivity contribution is 4.90. The van der Waals surface area contributed by atoms with E-state index in [9.17, 15) is 0 Å². The molecule has 0 aliphatic rings. The van der Waals surface area contributed by atoms with E-state index in [-0.39, 0.29) is 0 Å². The zero-order valence-electron chi connectivity index (χ0n) is 9.28. The fourth-order valence-electron chi connectivity index (χ4n) is 1.91. The molecule has 1 radical (unpaired) electrons. The van der Waals surface area contributed by atoms with Crippen molar-refractivity contribution in [3.05, 3.63) is 19.1 Å². The third-order valence-electron chi connectivity index (χ3n) is 1.85. The molecule has 0 heteroatoms. The van der Waals surface area contributed by atoms with Crippen molar-refractivity contribution >= 4 is 0 Å². The molecule has 0 saturated heterocycles. The third-order valence-corrected chi connectivity index (χ3v) is 1.85. The fourth-order valence-corrected chi connectivity index (χ4v) is 1.91. The monoisotopic (exact) mass is 167 g/mol. The van der Waals surface area contributed by atoms with Gasteiger partial charge in [0.1, 0.15) is 0 Å². The Hall–Kier alpha value is -0.260. The van der Waals surface area contributed by atoms with Crippen LogP contribution >= 0.6 is 0 Å². The van der Waals surface area contributed by atoms with Crippen molar-refractivity contribution in [2.75, 3.05) is 0 Å². The molecule has 0 unspecified atom stereocenters. The third kappa shape index (κ3) is 6.45. The molecule has 0 nitrogen and oxygen atoms in total. The van der Waals surface area contributed by atoms with E-state index in [1.165, 1.54) is 6.42 Å². The Morgan fingerprint density at radius 2 is 1.58 bits per heavy atom. The highest BCUT2D eigenvalue weighted by atomic mass is 14.3. The summed E-state index contributed by atoms with van der Waals surface area (Å²) in [4.78, 5) is 0. The maximum absolute atomic E-state index is 3.70. The first kappa shape index (κ1) is 11.7. The van der Waals surface area contributed by atoms with Crippen molar-refractivity contribution in [3.8, 4) is 0 Å². The van der Waals surface area contributed by atoms with Crippen molar-refractivity contribution in [2.45, 2.75) is 47.5 Å². The maximum atomic E-state index is 3.70. The Kier molecular flexibility index (Phi) is 4.02. The van der Waals surface area contributed by atoms with E-state index >= 15 is 0 Å². The molecule has 0 rings (SSSR count). The van der Waals surface area contributed by atoms with Gasteiger partial charge in [-0.05, 0) is 30.6 Å². The van der Waals surface area contributed by atoms with Gasteiger partial charge < -0.3 is 0 Å². The summed E-state index contributed by atoms with van der Waals surface area (Å²) >= 11 is 0. The molecular weight excluding hydrogens is 144 g/mol. The lowest BCUT2D eigenvalue weighted by Gasteiger charge is -2.31. The second kappa shape index (κ2) is 4.11. The molecule has 12 heavy (non-hydrogen) atoms.